The minimum atomic E-state index is -0.953. The average molecular weight is 284 g/mol. The molecule has 0 aromatic heterocycles. The molecular formula is C15H22F2N2O. The first-order chi connectivity index (χ1) is 9.47. The van der Waals surface area contributed by atoms with Crippen LogP contribution in [0.3, 0.4) is 0 Å². The Bertz CT molecular complexity index is 455. The second-order valence-electron chi connectivity index (χ2n) is 5.64. The van der Waals surface area contributed by atoms with E-state index in [1.807, 2.05) is 0 Å². The predicted molar refractivity (Wildman–Crippen MR) is 74.4 cm³/mol. The van der Waals surface area contributed by atoms with Gasteiger partial charge in [-0.25, -0.2) is 8.78 Å². The number of benzene rings is 1. The zero-order valence-electron chi connectivity index (χ0n) is 11.9. The number of hydrogen-bond donors (Lipinski definition) is 2. The number of nitrogens with one attached hydrogen (secondary N) is 1. The van der Waals surface area contributed by atoms with Crippen LogP contribution >= 0.6 is 0 Å². The Balaban J connectivity index is 1.87. The molecule has 1 aromatic carbocycles. The maximum absolute atomic E-state index is 13.5. The molecule has 2 rings (SSSR count). The summed E-state index contributed by atoms with van der Waals surface area (Å²) in [4.78, 5) is 2.30. The van der Waals surface area contributed by atoms with Crippen LogP contribution in [-0.4, -0.2) is 42.2 Å². The summed E-state index contributed by atoms with van der Waals surface area (Å²) in [5.74, 6) is -1.33. The number of aliphatic hydroxyl groups excluding tert-OH is 1. The molecule has 1 heterocycles. The third-order valence-corrected chi connectivity index (χ3v) is 4.13. The SMILES string of the molecule is CC1CC(NCC(O)c2ccc(F)cc2F)CCN1C. The highest BCUT2D eigenvalue weighted by Crippen LogP contribution is 2.19. The molecule has 0 bridgehead atoms. The summed E-state index contributed by atoms with van der Waals surface area (Å²) in [5.41, 5.74) is 0.139. The van der Waals surface area contributed by atoms with E-state index in [9.17, 15) is 13.9 Å². The Labute approximate surface area is 118 Å². The third kappa shape index (κ3) is 3.75. The van der Waals surface area contributed by atoms with Crippen molar-refractivity contribution in [2.24, 2.45) is 0 Å². The van der Waals surface area contributed by atoms with Crippen molar-refractivity contribution in [3.63, 3.8) is 0 Å². The Morgan fingerprint density at radius 3 is 2.85 bits per heavy atom. The largest absolute Gasteiger partial charge is 0.387 e. The van der Waals surface area contributed by atoms with E-state index in [0.717, 1.165) is 25.5 Å². The van der Waals surface area contributed by atoms with Crippen LogP contribution in [0.4, 0.5) is 8.78 Å². The van der Waals surface area contributed by atoms with E-state index in [0.29, 0.717) is 12.1 Å². The summed E-state index contributed by atoms with van der Waals surface area (Å²) in [5, 5.41) is 13.3. The van der Waals surface area contributed by atoms with E-state index in [4.69, 9.17) is 0 Å². The minimum Gasteiger partial charge on any atom is -0.387 e. The molecule has 1 aliphatic rings. The Kier molecular flexibility index (Phi) is 5.07. The van der Waals surface area contributed by atoms with Crippen molar-refractivity contribution in [3.8, 4) is 0 Å². The van der Waals surface area contributed by atoms with Gasteiger partial charge in [-0.2, -0.15) is 0 Å². The average Bonchev–Trinajstić information content (AvgIpc) is 2.40. The van der Waals surface area contributed by atoms with Crippen LogP contribution in [0.15, 0.2) is 18.2 Å². The lowest BCUT2D eigenvalue weighted by atomic mass is 9.98. The number of likely N-dealkylation sites (tertiary alicyclic amines) is 1. The van der Waals surface area contributed by atoms with Gasteiger partial charge in [0.1, 0.15) is 11.6 Å². The molecule has 3 nitrogen and oxygen atoms in total. The molecule has 0 radical (unpaired) electrons. The molecule has 3 unspecified atom stereocenters. The number of nitrogens with zero attached hydrogens (tertiary/aromatic N) is 1. The van der Waals surface area contributed by atoms with Crippen LogP contribution in [0, 0.1) is 11.6 Å². The van der Waals surface area contributed by atoms with Crippen LogP contribution in [0.5, 0.6) is 0 Å². The maximum Gasteiger partial charge on any atom is 0.131 e. The van der Waals surface area contributed by atoms with Gasteiger partial charge in [-0.3, -0.25) is 0 Å². The molecule has 112 valence electrons. The predicted octanol–water partition coefficient (Wildman–Crippen LogP) is 2.07. The highest BCUT2D eigenvalue weighted by molar-refractivity contribution is 5.21. The first-order valence-electron chi connectivity index (χ1n) is 7.04. The van der Waals surface area contributed by atoms with Gasteiger partial charge in [-0.05, 0) is 39.4 Å². The van der Waals surface area contributed by atoms with Gasteiger partial charge in [0.15, 0.2) is 0 Å². The normalized spacial score (nSPS) is 25.6. The van der Waals surface area contributed by atoms with Gasteiger partial charge in [-0.15, -0.1) is 0 Å². The van der Waals surface area contributed by atoms with Crippen LogP contribution in [0.25, 0.3) is 0 Å². The van der Waals surface area contributed by atoms with E-state index < -0.39 is 17.7 Å². The van der Waals surface area contributed by atoms with Crippen molar-refractivity contribution in [1.29, 1.82) is 0 Å². The maximum atomic E-state index is 13.5. The van der Waals surface area contributed by atoms with E-state index in [1.54, 1.807) is 0 Å². The first-order valence-corrected chi connectivity index (χ1v) is 7.04. The molecular weight excluding hydrogens is 262 g/mol. The summed E-state index contributed by atoms with van der Waals surface area (Å²) in [6.45, 7) is 3.47. The quantitative estimate of drug-likeness (QED) is 0.888. The number of rotatable bonds is 4. The van der Waals surface area contributed by atoms with Gasteiger partial charge in [0.05, 0.1) is 6.10 Å². The van der Waals surface area contributed by atoms with Crippen molar-refractivity contribution in [2.45, 2.75) is 38.0 Å². The van der Waals surface area contributed by atoms with Gasteiger partial charge >= 0.3 is 0 Å². The number of hydrogen-bond acceptors (Lipinski definition) is 3. The Morgan fingerprint density at radius 2 is 2.20 bits per heavy atom. The van der Waals surface area contributed by atoms with E-state index in [2.05, 4.69) is 24.2 Å². The summed E-state index contributed by atoms with van der Waals surface area (Å²) in [6, 6.07) is 4.10. The number of piperidine rings is 1. The lowest BCUT2D eigenvalue weighted by molar-refractivity contribution is 0.137. The molecule has 2 N–H and O–H groups in total. The fourth-order valence-corrected chi connectivity index (χ4v) is 2.63. The van der Waals surface area contributed by atoms with Gasteiger partial charge in [0.25, 0.3) is 0 Å². The van der Waals surface area contributed by atoms with E-state index in [1.165, 1.54) is 12.1 Å². The molecule has 0 saturated carbocycles. The molecule has 3 atom stereocenters. The summed E-state index contributed by atoms with van der Waals surface area (Å²) < 4.78 is 26.4. The van der Waals surface area contributed by atoms with Crippen LogP contribution in [0.1, 0.15) is 31.4 Å². The van der Waals surface area contributed by atoms with Crippen molar-refractivity contribution < 1.29 is 13.9 Å². The molecule has 1 aromatic rings. The van der Waals surface area contributed by atoms with Crippen molar-refractivity contribution in [3.05, 3.63) is 35.4 Å². The zero-order valence-corrected chi connectivity index (χ0v) is 11.9. The smallest absolute Gasteiger partial charge is 0.131 e. The highest BCUT2D eigenvalue weighted by Gasteiger charge is 2.23. The number of halogens is 2. The van der Waals surface area contributed by atoms with Crippen LogP contribution < -0.4 is 5.32 Å². The topological polar surface area (TPSA) is 35.5 Å². The minimum absolute atomic E-state index is 0.139. The van der Waals surface area contributed by atoms with Crippen LogP contribution in [0.2, 0.25) is 0 Å². The number of aliphatic hydroxyl groups is 1. The molecule has 1 saturated heterocycles. The summed E-state index contributed by atoms with van der Waals surface area (Å²) in [7, 11) is 2.10. The fraction of sp³-hybridized carbons (Fsp3) is 0.600. The lowest BCUT2D eigenvalue weighted by Crippen LogP contribution is -2.46. The van der Waals surface area contributed by atoms with Crippen molar-refractivity contribution in [2.75, 3.05) is 20.1 Å². The Morgan fingerprint density at radius 1 is 1.45 bits per heavy atom. The van der Waals surface area contributed by atoms with Gasteiger partial charge in [0.2, 0.25) is 0 Å². The third-order valence-electron chi connectivity index (χ3n) is 4.13. The Hall–Kier alpha value is -1.04. The molecule has 5 heteroatoms. The van der Waals surface area contributed by atoms with E-state index in [-0.39, 0.29) is 12.1 Å². The van der Waals surface area contributed by atoms with Crippen molar-refractivity contribution in [1.82, 2.24) is 10.2 Å². The molecule has 0 aliphatic carbocycles. The molecule has 20 heavy (non-hydrogen) atoms. The molecule has 0 amide bonds. The second-order valence-corrected chi connectivity index (χ2v) is 5.64. The van der Waals surface area contributed by atoms with Crippen LogP contribution in [-0.2, 0) is 0 Å². The molecule has 1 aliphatic heterocycles. The highest BCUT2D eigenvalue weighted by atomic mass is 19.1. The second kappa shape index (κ2) is 6.61. The summed E-state index contributed by atoms with van der Waals surface area (Å²) >= 11 is 0. The molecule has 1 fully saturated rings. The van der Waals surface area contributed by atoms with Gasteiger partial charge in [-0.1, -0.05) is 6.07 Å². The van der Waals surface area contributed by atoms with Crippen molar-refractivity contribution >= 4 is 0 Å². The molecule has 0 spiro atoms. The monoisotopic (exact) mass is 284 g/mol. The fourth-order valence-electron chi connectivity index (χ4n) is 2.63. The standard InChI is InChI=1S/C15H22F2N2O/c1-10-7-12(5-6-19(10)2)18-9-15(20)13-4-3-11(16)8-14(13)17/h3-4,8,10,12,15,18,20H,5-7,9H2,1-2H3. The lowest BCUT2D eigenvalue weighted by Gasteiger charge is -2.35. The van der Waals surface area contributed by atoms with E-state index >= 15 is 0 Å². The van der Waals surface area contributed by atoms with Gasteiger partial charge in [0, 0.05) is 30.3 Å². The van der Waals surface area contributed by atoms with Gasteiger partial charge < -0.3 is 15.3 Å². The summed E-state index contributed by atoms with van der Waals surface area (Å²) in [6.07, 6.45) is 1.07. The zero-order chi connectivity index (χ0) is 14.7. The first kappa shape index (κ1) is 15.4.